The third-order valence-electron chi connectivity index (χ3n) is 2.33. The number of pyridine rings is 1. The molecule has 0 unspecified atom stereocenters. The van der Waals surface area contributed by atoms with Crippen LogP contribution in [0.15, 0.2) is 36.5 Å². The van der Waals surface area contributed by atoms with Gasteiger partial charge < -0.3 is 5.32 Å². The third kappa shape index (κ3) is 3.00. The molecule has 0 bridgehead atoms. The smallest absolute Gasteiger partial charge is 0.255 e. The largest absolute Gasteiger partial charge is 0.319 e. The molecule has 1 amide bonds. The number of benzene rings is 1. The number of nitrogens with zero attached hydrogens (tertiary/aromatic N) is 1. The number of carbonyl (C=O) groups excluding carboxylic acids is 1. The molecule has 0 aliphatic carbocycles. The number of amides is 1. The Bertz CT molecular complexity index is 599. The summed E-state index contributed by atoms with van der Waals surface area (Å²) in [6, 6.07) is 8.83. The number of aryl methyl sites for hydroxylation is 1. The van der Waals surface area contributed by atoms with Crippen LogP contribution in [0.25, 0.3) is 0 Å². The summed E-state index contributed by atoms with van der Waals surface area (Å²) in [5, 5.41) is 3.30. The molecule has 0 aliphatic heterocycles. The van der Waals surface area contributed by atoms with E-state index >= 15 is 0 Å². The second-order valence-corrected chi connectivity index (χ2v) is 4.61. The SMILES string of the molecule is Cc1cccc(C(=O)Nc2cc(Cl)cnc2Cl)c1. The van der Waals surface area contributed by atoms with Gasteiger partial charge in [0.1, 0.15) is 0 Å². The standard InChI is InChI=1S/C13H10Cl2N2O/c1-8-3-2-4-9(5-8)13(18)17-11-6-10(14)7-16-12(11)15/h2-7H,1H3,(H,17,18). The summed E-state index contributed by atoms with van der Waals surface area (Å²) in [7, 11) is 0. The molecule has 1 heterocycles. The fourth-order valence-electron chi connectivity index (χ4n) is 1.49. The van der Waals surface area contributed by atoms with E-state index in [9.17, 15) is 4.79 Å². The number of hydrogen-bond acceptors (Lipinski definition) is 2. The molecule has 0 spiro atoms. The molecule has 5 heteroatoms. The van der Waals surface area contributed by atoms with Crippen molar-refractivity contribution in [1.29, 1.82) is 0 Å². The maximum absolute atomic E-state index is 12.0. The second kappa shape index (κ2) is 5.38. The Morgan fingerprint density at radius 3 is 2.78 bits per heavy atom. The Labute approximate surface area is 115 Å². The lowest BCUT2D eigenvalue weighted by Crippen LogP contribution is -2.12. The first-order valence-corrected chi connectivity index (χ1v) is 6.01. The Morgan fingerprint density at radius 1 is 1.28 bits per heavy atom. The molecule has 18 heavy (non-hydrogen) atoms. The second-order valence-electron chi connectivity index (χ2n) is 3.82. The zero-order chi connectivity index (χ0) is 13.1. The van der Waals surface area contributed by atoms with Crippen LogP contribution in [0.4, 0.5) is 5.69 Å². The van der Waals surface area contributed by atoms with E-state index < -0.39 is 0 Å². The minimum absolute atomic E-state index is 0.209. The van der Waals surface area contributed by atoms with Gasteiger partial charge >= 0.3 is 0 Å². The van der Waals surface area contributed by atoms with E-state index in [4.69, 9.17) is 23.2 Å². The van der Waals surface area contributed by atoms with Gasteiger partial charge in [-0.1, -0.05) is 40.9 Å². The number of halogens is 2. The summed E-state index contributed by atoms with van der Waals surface area (Å²) >= 11 is 11.7. The molecule has 1 aromatic carbocycles. The normalized spacial score (nSPS) is 10.2. The summed E-state index contributed by atoms with van der Waals surface area (Å²) in [6.07, 6.45) is 1.42. The number of anilines is 1. The number of hydrogen-bond donors (Lipinski definition) is 1. The van der Waals surface area contributed by atoms with Crippen LogP contribution in [0, 0.1) is 6.92 Å². The third-order valence-corrected chi connectivity index (χ3v) is 2.84. The highest BCUT2D eigenvalue weighted by Gasteiger charge is 2.09. The van der Waals surface area contributed by atoms with Crippen LogP contribution in [-0.4, -0.2) is 10.9 Å². The van der Waals surface area contributed by atoms with Gasteiger partial charge in [-0.25, -0.2) is 4.98 Å². The van der Waals surface area contributed by atoms with Crippen LogP contribution in [0.2, 0.25) is 10.2 Å². The predicted molar refractivity (Wildman–Crippen MR) is 73.4 cm³/mol. The van der Waals surface area contributed by atoms with E-state index in [2.05, 4.69) is 10.3 Å². The summed E-state index contributed by atoms with van der Waals surface area (Å²) in [5.74, 6) is -0.246. The molecule has 3 nitrogen and oxygen atoms in total. The van der Waals surface area contributed by atoms with Gasteiger partial charge in [0.15, 0.2) is 5.15 Å². The van der Waals surface area contributed by atoms with Crippen molar-refractivity contribution in [1.82, 2.24) is 4.98 Å². The molecule has 2 aromatic rings. The number of nitrogens with one attached hydrogen (secondary N) is 1. The van der Waals surface area contributed by atoms with Crippen molar-refractivity contribution in [2.75, 3.05) is 5.32 Å². The van der Waals surface area contributed by atoms with Gasteiger partial charge in [-0.3, -0.25) is 4.79 Å². The van der Waals surface area contributed by atoms with Gasteiger partial charge in [0, 0.05) is 11.8 Å². The van der Waals surface area contributed by atoms with E-state index in [1.54, 1.807) is 18.2 Å². The highest BCUT2D eigenvalue weighted by atomic mass is 35.5. The lowest BCUT2D eigenvalue weighted by molar-refractivity contribution is 0.102. The lowest BCUT2D eigenvalue weighted by Gasteiger charge is -2.07. The Morgan fingerprint density at radius 2 is 2.06 bits per heavy atom. The van der Waals surface area contributed by atoms with Crippen LogP contribution >= 0.6 is 23.2 Å². The van der Waals surface area contributed by atoms with Gasteiger partial charge in [0.05, 0.1) is 10.7 Å². The van der Waals surface area contributed by atoms with Gasteiger partial charge in [-0.05, 0) is 25.1 Å². The average Bonchev–Trinajstić information content (AvgIpc) is 2.34. The van der Waals surface area contributed by atoms with E-state index in [0.29, 0.717) is 16.3 Å². The van der Waals surface area contributed by atoms with Gasteiger partial charge in [0.2, 0.25) is 0 Å². The topological polar surface area (TPSA) is 42.0 Å². The van der Waals surface area contributed by atoms with Crippen molar-refractivity contribution in [2.24, 2.45) is 0 Å². The molecule has 0 aliphatic rings. The fraction of sp³-hybridized carbons (Fsp3) is 0.0769. The van der Waals surface area contributed by atoms with Crippen LogP contribution in [0.3, 0.4) is 0 Å². The quantitative estimate of drug-likeness (QED) is 0.847. The first-order valence-electron chi connectivity index (χ1n) is 5.25. The molecule has 92 valence electrons. The molecule has 0 saturated heterocycles. The molecule has 0 radical (unpaired) electrons. The maximum Gasteiger partial charge on any atom is 0.255 e. The summed E-state index contributed by atoms with van der Waals surface area (Å²) in [6.45, 7) is 1.92. The maximum atomic E-state index is 12.0. The van der Waals surface area contributed by atoms with E-state index in [0.717, 1.165) is 5.56 Å². The van der Waals surface area contributed by atoms with Crippen molar-refractivity contribution >= 4 is 34.8 Å². The summed E-state index contributed by atoms with van der Waals surface area (Å²) in [4.78, 5) is 15.9. The van der Waals surface area contributed by atoms with E-state index in [-0.39, 0.29) is 11.1 Å². The van der Waals surface area contributed by atoms with Crippen molar-refractivity contribution in [2.45, 2.75) is 6.92 Å². The molecule has 0 fully saturated rings. The zero-order valence-electron chi connectivity index (χ0n) is 9.58. The zero-order valence-corrected chi connectivity index (χ0v) is 11.1. The van der Waals surface area contributed by atoms with Crippen molar-refractivity contribution < 1.29 is 4.79 Å². The fourth-order valence-corrected chi connectivity index (χ4v) is 1.80. The minimum Gasteiger partial charge on any atom is -0.319 e. The van der Waals surface area contributed by atoms with Gasteiger partial charge in [-0.15, -0.1) is 0 Å². The highest BCUT2D eigenvalue weighted by molar-refractivity contribution is 6.34. The number of rotatable bonds is 2. The molecular formula is C13H10Cl2N2O. The first kappa shape index (κ1) is 12.9. The molecule has 1 N–H and O–H groups in total. The summed E-state index contributed by atoms with van der Waals surface area (Å²) < 4.78 is 0. The van der Waals surface area contributed by atoms with Gasteiger partial charge in [-0.2, -0.15) is 0 Å². The minimum atomic E-state index is -0.246. The van der Waals surface area contributed by atoms with E-state index in [1.165, 1.54) is 6.20 Å². The lowest BCUT2D eigenvalue weighted by atomic mass is 10.1. The van der Waals surface area contributed by atoms with Crippen molar-refractivity contribution in [3.63, 3.8) is 0 Å². The predicted octanol–water partition coefficient (Wildman–Crippen LogP) is 3.95. The number of carbonyl (C=O) groups is 1. The van der Waals surface area contributed by atoms with Gasteiger partial charge in [0.25, 0.3) is 5.91 Å². The van der Waals surface area contributed by atoms with Crippen LogP contribution < -0.4 is 5.32 Å². The molecule has 0 saturated carbocycles. The summed E-state index contributed by atoms with van der Waals surface area (Å²) in [5.41, 5.74) is 1.97. The average molecular weight is 281 g/mol. The van der Waals surface area contributed by atoms with Crippen LogP contribution in [0.5, 0.6) is 0 Å². The Hall–Kier alpha value is -1.58. The van der Waals surface area contributed by atoms with Crippen LogP contribution in [-0.2, 0) is 0 Å². The molecule has 0 atom stereocenters. The monoisotopic (exact) mass is 280 g/mol. The Kier molecular flexibility index (Phi) is 3.84. The molecular weight excluding hydrogens is 271 g/mol. The number of aromatic nitrogens is 1. The highest BCUT2D eigenvalue weighted by Crippen LogP contribution is 2.23. The Balaban J connectivity index is 2.24. The van der Waals surface area contributed by atoms with Crippen molar-refractivity contribution in [3.05, 3.63) is 57.8 Å². The molecule has 1 aromatic heterocycles. The van der Waals surface area contributed by atoms with Crippen LogP contribution in [0.1, 0.15) is 15.9 Å². The van der Waals surface area contributed by atoms with Crippen molar-refractivity contribution in [3.8, 4) is 0 Å². The first-order chi connectivity index (χ1) is 8.56. The molecule has 2 rings (SSSR count). The van der Waals surface area contributed by atoms with E-state index in [1.807, 2.05) is 19.1 Å².